The lowest BCUT2D eigenvalue weighted by Gasteiger charge is -2.09. The maximum absolute atomic E-state index is 13.1. The predicted molar refractivity (Wildman–Crippen MR) is 62.5 cm³/mol. The van der Waals surface area contributed by atoms with Gasteiger partial charge in [-0.3, -0.25) is 0 Å². The van der Waals surface area contributed by atoms with Crippen LogP contribution in [0.2, 0.25) is 0 Å². The molecule has 1 aliphatic heterocycles. The molecule has 1 heterocycles. The lowest BCUT2D eigenvalue weighted by molar-refractivity contribution is 0.595. The van der Waals surface area contributed by atoms with E-state index in [0.29, 0.717) is 17.0 Å². The van der Waals surface area contributed by atoms with Crippen molar-refractivity contribution in [1.82, 2.24) is 0 Å². The molecule has 2 aromatic rings. The quantitative estimate of drug-likeness (QED) is 0.560. The maximum atomic E-state index is 13.1. The predicted octanol–water partition coefficient (Wildman–Crippen LogP) is 2.65. The summed E-state index contributed by atoms with van der Waals surface area (Å²) < 4.78 is 38.5. The van der Waals surface area contributed by atoms with Crippen molar-refractivity contribution in [2.75, 3.05) is 0 Å². The van der Waals surface area contributed by atoms with Crippen molar-refractivity contribution in [1.29, 1.82) is 0 Å². The first-order chi connectivity index (χ1) is 8.15. The van der Waals surface area contributed by atoms with Crippen LogP contribution in [0.15, 0.2) is 36.4 Å². The number of hydrogen-bond donors (Lipinski definition) is 0. The Balaban J connectivity index is 2.21. The molecule has 0 saturated carbocycles. The highest BCUT2D eigenvalue weighted by Crippen LogP contribution is 2.30. The Morgan fingerprint density at radius 1 is 0.882 bits per heavy atom. The molecule has 0 fully saturated rings. The zero-order chi connectivity index (χ0) is 12.0. The standard InChI is InChI=1S/C13H8F2OP/c14-10-3-1-8-5-9-2-4-11(15)7-13(9)17(16)12(8)6-10/h1-4,6-7H,5H2/q+1. The van der Waals surface area contributed by atoms with Gasteiger partial charge in [0.25, 0.3) is 0 Å². The highest BCUT2D eigenvalue weighted by atomic mass is 31.1. The van der Waals surface area contributed by atoms with Crippen LogP contribution < -0.4 is 10.6 Å². The Hall–Kier alpha value is -1.60. The fraction of sp³-hybridized carbons (Fsp3) is 0.0769. The van der Waals surface area contributed by atoms with Crippen molar-refractivity contribution in [2.24, 2.45) is 0 Å². The van der Waals surface area contributed by atoms with Crippen LogP contribution >= 0.6 is 7.80 Å². The number of halogens is 2. The molecule has 0 radical (unpaired) electrons. The van der Waals surface area contributed by atoms with E-state index in [1.54, 1.807) is 12.1 Å². The van der Waals surface area contributed by atoms with E-state index < -0.39 is 19.4 Å². The molecule has 0 atom stereocenters. The smallest absolute Gasteiger partial charge is 0.207 e. The summed E-state index contributed by atoms with van der Waals surface area (Å²) in [6.45, 7) is 0. The third-order valence-electron chi connectivity index (χ3n) is 2.91. The van der Waals surface area contributed by atoms with Crippen molar-refractivity contribution in [3.8, 4) is 0 Å². The van der Waals surface area contributed by atoms with Crippen molar-refractivity contribution >= 4 is 18.4 Å². The molecule has 0 unspecified atom stereocenters. The zero-order valence-corrected chi connectivity index (χ0v) is 9.68. The first-order valence-electron chi connectivity index (χ1n) is 5.19. The minimum absolute atomic E-state index is 0.410. The second kappa shape index (κ2) is 3.71. The number of benzene rings is 2. The molecular formula is C13H8F2OP+. The van der Waals surface area contributed by atoms with Gasteiger partial charge in [-0.25, -0.2) is 8.78 Å². The first kappa shape index (κ1) is 10.5. The van der Waals surface area contributed by atoms with Gasteiger partial charge in [0.15, 0.2) is 0 Å². The van der Waals surface area contributed by atoms with E-state index in [4.69, 9.17) is 0 Å². The van der Waals surface area contributed by atoms with Crippen molar-refractivity contribution in [3.05, 3.63) is 59.2 Å². The molecular weight excluding hydrogens is 241 g/mol. The number of rotatable bonds is 0. The van der Waals surface area contributed by atoms with Gasteiger partial charge < -0.3 is 0 Å². The minimum Gasteiger partial charge on any atom is -0.207 e. The monoisotopic (exact) mass is 249 g/mol. The molecule has 0 bridgehead atoms. The van der Waals surface area contributed by atoms with Crippen LogP contribution in [-0.2, 0) is 11.0 Å². The van der Waals surface area contributed by atoms with E-state index >= 15 is 0 Å². The molecule has 4 heteroatoms. The van der Waals surface area contributed by atoms with Crippen LogP contribution in [0.4, 0.5) is 8.78 Å². The lowest BCUT2D eigenvalue weighted by atomic mass is 10.0. The first-order valence-corrected chi connectivity index (χ1v) is 6.45. The Morgan fingerprint density at radius 2 is 1.35 bits per heavy atom. The molecule has 0 amide bonds. The minimum atomic E-state index is -1.89. The second-order valence-corrected chi connectivity index (χ2v) is 5.57. The average Bonchev–Trinajstić information content (AvgIpc) is 2.32. The van der Waals surface area contributed by atoms with Gasteiger partial charge in [0.1, 0.15) is 11.6 Å². The van der Waals surface area contributed by atoms with Crippen LogP contribution in [0.25, 0.3) is 0 Å². The van der Waals surface area contributed by atoms with E-state index in [1.807, 2.05) is 0 Å². The van der Waals surface area contributed by atoms with E-state index in [1.165, 1.54) is 24.3 Å². The van der Waals surface area contributed by atoms with Crippen molar-refractivity contribution in [3.63, 3.8) is 0 Å². The summed E-state index contributed by atoms with van der Waals surface area (Å²) in [4.78, 5) is 0. The normalized spacial score (nSPS) is 13.2. The molecule has 1 aliphatic rings. The van der Waals surface area contributed by atoms with Crippen LogP contribution in [0.3, 0.4) is 0 Å². The Labute approximate surface area is 97.9 Å². The van der Waals surface area contributed by atoms with Gasteiger partial charge in [-0.2, -0.15) is 0 Å². The zero-order valence-electron chi connectivity index (χ0n) is 8.78. The Morgan fingerprint density at radius 3 is 1.82 bits per heavy atom. The molecule has 84 valence electrons. The fourth-order valence-electron chi connectivity index (χ4n) is 2.09. The van der Waals surface area contributed by atoms with E-state index in [-0.39, 0.29) is 0 Å². The van der Waals surface area contributed by atoms with Gasteiger partial charge in [-0.15, -0.1) is 0 Å². The van der Waals surface area contributed by atoms with Crippen LogP contribution in [0, 0.1) is 11.6 Å². The Bertz CT molecular complexity index is 584. The van der Waals surface area contributed by atoms with Gasteiger partial charge >= 0.3 is 7.80 Å². The number of fused-ring (bicyclic) bond motifs is 2. The van der Waals surface area contributed by atoms with Gasteiger partial charge in [0, 0.05) is 29.7 Å². The topological polar surface area (TPSA) is 17.1 Å². The summed E-state index contributed by atoms with van der Waals surface area (Å²) in [5, 5.41) is 0.969. The molecule has 2 aromatic carbocycles. The molecule has 3 rings (SSSR count). The molecule has 17 heavy (non-hydrogen) atoms. The lowest BCUT2D eigenvalue weighted by Crippen LogP contribution is -2.22. The molecule has 0 spiro atoms. The molecule has 0 saturated heterocycles. The summed E-state index contributed by atoms with van der Waals surface area (Å²) in [5.41, 5.74) is 1.71. The van der Waals surface area contributed by atoms with Gasteiger partial charge in [0.2, 0.25) is 10.6 Å². The number of hydrogen-bond acceptors (Lipinski definition) is 1. The largest absolute Gasteiger partial charge is 0.416 e. The second-order valence-electron chi connectivity index (χ2n) is 4.02. The van der Waals surface area contributed by atoms with Crippen LogP contribution in [-0.4, -0.2) is 0 Å². The highest BCUT2D eigenvalue weighted by Gasteiger charge is 2.35. The van der Waals surface area contributed by atoms with E-state index in [2.05, 4.69) is 0 Å². The van der Waals surface area contributed by atoms with Crippen LogP contribution in [0.1, 0.15) is 11.1 Å². The van der Waals surface area contributed by atoms with Gasteiger partial charge in [0.05, 0.1) is 0 Å². The molecule has 0 N–H and O–H groups in total. The summed E-state index contributed by atoms with van der Waals surface area (Å²) in [7, 11) is -1.89. The van der Waals surface area contributed by atoms with Gasteiger partial charge in [-0.1, -0.05) is 16.7 Å². The maximum Gasteiger partial charge on any atom is 0.416 e. The summed E-state index contributed by atoms with van der Waals surface area (Å²) in [5.74, 6) is -0.820. The summed E-state index contributed by atoms with van der Waals surface area (Å²) in [6.07, 6.45) is 0.576. The van der Waals surface area contributed by atoms with Crippen molar-refractivity contribution in [2.45, 2.75) is 6.42 Å². The molecule has 0 aromatic heterocycles. The van der Waals surface area contributed by atoms with Crippen LogP contribution in [0.5, 0.6) is 0 Å². The third kappa shape index (κ3) is 1.67. The third-order valence-corrected chi connectivity index (χ3v) is 4.62. The van der Waals surface area contributed by atoms with Gasteiger partial charge in [-0.05, 0) is 12.1 Å². The molecule has 1 nitrogen and oxygen atoms in total. The Kier molecular flexibility index (Phi) is 2.30. The summed E-state index contributed by atoms with van der Waals surface area (Å²) in [6, 6.07) is 8.56. The highest BCUT2D eigenvalue weighted by molar-refractivity contribution is 7.61. The molecule has 0 aliphatic carbocycles. The fourth-order valence-corrected chi connectivity index (χ4v) is 3.66. The van der Waals surface area contributed by atoms with E-state index in [0.717, 1.165) is 11.1 Å². The van der Waals surface area contributed by atoms with E-state index in [9.17, 15) is 13.3 Å². The summed E-state index contributed by atoms with van der Waals surface area (Å²) >= 11 is 0. The van der Waals surface area contributed by atoms with Crippen molar-refractivity contribution < 1.29 is 13.3 Å². The SMILES string of the molecule is O=[P+]1c2cc(F)ccc2Cc2ccc(F)cc21. The average molecular weight is 249 g/mol.